The fourth-order valence-corrected chi connectivity index (χ4v) is 1.79. The Bertz CT molecular complexity index is 178. The van der Waals surface area contributed by atoms with Gasteiger partial charge in [0.2, 0.25) is 0 Å². The summed E-state index contributed by atoms with van der Waals surface area (Å²) >= 11 is 0. The summed E-state index contributed by atoms with van der Waals surface area (Å²) < 4.78 is 0. The van der Waals surface area contributed by atoms with E-state index >= 15 is 0 Å². The first-order chi connectivity index (χ1) is 5.65. The van der Waals surface area contributed by atoms with Gasteiger partial charge in [-0.05, 0) is 19.3 Å². The van der Waals surface area contributed by atoms with E-state index in [1.807, 2.05) is 0 Å². The Balaban J connectivity index is 2.54. The van der Waals surface area contributed by atoms with Gasteiger partial charge in [0.1, 0.15) is 11.6 Å². The fourth-order valence-electron chi connectivity index (χ4n) is 1.79. The van der Waals surface area contributed by atoms with Gasteiger partial charge < -0.3 is 0 Å². The van der Waals surface area contributed by atoms with Gasteiger partial charge >= 0.3 is 0 Å². The third-order valence-electron chi connectivity index (χ3n) is 2.64. The van der Waals surface area contributed by atoms with Crippen LogP contribution in [0.2, 0.25) is 0 Å². The first kappa shape index (κ1) is 9.43. The number of Topliss-reactive ketones (excluding diaryl/α,β-unsaturated/α-hetero) is 2. The average molecular weight is 168 g/mol. The van der Waals surface area contributed by atoms with E-state index in [1.165, 1.54) is 0 Å². The number of hydrogen-bond donors (Lipinski definition) is 0. The fraction of sp³-hybridized carbons (Fsp3) is 0.800. The molecule has 1 aliphatic rings. The van der Waals surface area contributed by atoms with E-state index in [0.29, 0.717) is 18.8 Å². The van der Waals surface area contributed by atoms with Crippen LogP contribution in [0.25, 0.3) is 0 Å². The van der Waals surface area contributed by atoms with Gasteiger partial charge in [-0.15, -0.1) is 0 Å². The van der Waals surface area contributed by atoms with Gasteiger partial charge in [-0.2, -0.15) is 0 Å². The molecule has 2 heteroatoms. The van der Waals surface area contributed by atoms with E-state index in [2.05, 4.69) is 6.92 Å². The Kier molecular flexibility index (Phi) is 3.01. The van der Waals surface area contributed by atoms with Gasteiger partial charge in [-0.1, -0.05) is 13.3 Å². The predicted octanol–water partition coefficient (Wildman–Crippen LogP) is 1.97. The van der Waals surface area contributed by atoms with Crippen LogP contribution in [0.3, 0.4) is 0 Å². The molecule has 0 aliphatic heterocycles. The number of ketones is 2. The molecule has 12 heavy (non-hydrogen) atoms. The highest BCUT2D eigenvalue weighted by Gasteiger charge is 2.31. The molecule has 0 bridgehead atoms. The van der Waals surface area contributed by atoms with Gasteiger partial charge in [-0.3, -0.25) is 9.59 Å². The second-order valence-corrected chi connectivity index (χ2v) is 3.72. The van der Waals surface area contributed by atoms with E-state index in [-0.39, 0.29) is 17.5 Å². The highest BCUT2D eigenvalue weighted by atomic mass is 16.2. The minimum Gasteiger partial charge on any atom is -0.299 e. The van der Waals surface area contributed by atoms with E-state index in [9.17, 15) is 9.59 Å². The molecule has 1 aliphatic carbocycles. The highest BCUT2D eigenvalue weighted by molar-refractivity contribution is 6.04. The molecule has 0 spiro atoms. The van der Waals surface area contributed by atoms with Crippen molar-refractivity contribution < 1.29 is 9.59 Å². The van der Waals surface area contributed by atoms with Crippen LogP contribution in [0.4, 0.5) is 0 Å². The van der Waals surface area contributed by atoms with Crippen LogP contribution < -0.4 is 0 Å². The van der Waals surface area contributed by atoms with Gasteiger partial charge in [-0.25, -0.2) is 0 Å². The molecule has 68 valence electrons. The van der Waals surface area contributed by atoms with Crippen molar-refractivity contribution in [2.75, 3.05) is 0 Å². The van der Waals surface area contributed by atoms with Crippen LogP contribution in [-0.2, 0) is 9.59 Å². The molecular weight excluding hydrogens is 152 g/mol. The molecule has 0 N–H and O–H groups in total. The van der Waals surface area contributed by atoms with E-state index in [0.717, 1.165) is 12.8 Å². The summed E-state index contributed by atoms with van der Waals surface area (Å²) in [4.78, 5) is 22.5. The second kappa shape index (κ2) is 3.83. The van der Waals surface area contributed by atoms with E-state index < -0.39 is 0 Å². The average Bonchev–Trinajstić information content (AvgIpc) is 2.01. The molecule has 0 heterocycles. The molecule has 0 aromatic rings. The SMILES string of the molecule is CCCC1CC(=O)C(C)C(=O)C1. The monoisotopic (exact) mass is 168 g/mol. The predicted molar refractivity (Wildman–Crippen MR) is 46.8 cm³/mol. The first-order valence-electron chi connectivity index (χ1n) is 4.70. The lowest BCUT2D eigenvalue weighted by molar-refractivity contribution is -0.136. The Hall–Kier alpha value is -0.660. The number of rotatable bonds is 2. The molecule has 1 saturated carbocycles. The van der Waals surface area contributed by atoms with Crippen LogP contribution in [0.5, 0.6) is 0 Å². The van der Waals surface area contributed by atoms with Crippen molar-refractivity contribution in [3.63, 3.8) is 0 Å². The summed E-state index contributed by atoms with van der Waals surface area (Å²) in [5.74, 6) is 0.304. The van der Waals surface area contributed by atoms with Gasteiger partial charge in [0.25, 0.3) is 0 Å². The normalized spacial score (nSPS) is 30.8. The molecule has 1 fully saturated rings. The lowest BCUT2D eigenvalue weighted by Crippen LogP contribution is -2.31. The van der Waals surface area contributed by atoms with Gasteiger partial charge in [0, 0.05) is 12.8 Å². The lowest BCUT2D eigenvalue weighted by atomic mass is 9.79. The van der Waals surface area contributed by atoms with Gasteiger partial charge in [0.05, 0.1) is 5.92 Å². The smallest absolute Gasteiger partial charge is 0.143 e. The van der Waals surface area contributed by atoms with Crippen LogP contribution in [-0.4, -0.2) is 11.6 Å². The quantitative estimate of drug-likeness (QED) is 0.591. The van der Waals surface area contributed by atoms with Crippen molar-refractivity contribution in [2.24, 2.45) is 11.8 Å². The molecule has 0 aromatic carbocycles. The molecular formula is C10H16O2. The zero-order valence-corrected chi connectivity index (χ0v) is 7.80. The number of carbonyl (C=O) groups is 2. The molecule has 0 amide bonds. The largest absolute Gasteiger partial charge is 0.299 e. The number of hydrogen-bond acceptors (Lipinski definition) is 2. The number of carbonyl (C=O) groups excluding carboxylic acids is 2. The maximum absolute atomic E-state index is 11.3. The van der Waals surface area contributed by atoms with Crippen molar-refractivity contribution in [2.45, 2.75) is 39.5 Å². The topological polar surface area (TPSA) is 34.1 Å². The first-order valence-corrected chi connectivity index (χ1v) is 4.70. The van der Waals surface area contributed by atoms with Crippen molar-refractivity contribution in [1.29, 1.82) is 0 Å². The molecule has 0 aromatic heterocycles. The molecule has 2 nitrogen and oxygen atoms in total. The summed E-state index contributed by atoms with van der Waals surface area (Å²) in [5.41, 5.74) is 0. The zero-order valence-electron chi connectivity index (χ0n) is 7.80. The summed E-state index contributed by atoms with van der Waals surface area (Å²) in [7, 11) is 0. The van der Waals surface area contributed by atoms with Crippen molar-refractivity contribution in [3.8, 4) is 0 Å². The minimum atomic E-state index is -0.321. The van der Waals surface area contributed by atoms with Gasteiger partial charge in [0.15, 0.2) is 0 Å². The van der Waals surface area contributed by atoms with E-state index in [4.69, 9.17) is 0 Å². The minimum absolute atomic E-state index is 0.143. The maximum atomic E-state index is 11.3. The molecule has 0 atom stereocenters. The van der Waals surface area contributed by atoms with Crippen LogP contribution >= 0.6 is 0 Å². The molecule has 0 radical (unpaired) electrons. The lowest BCUT2D eigenvalue weighted by Gasteiger charge is -2.23. The third-order valence-corrected chi connectivity index (χ3v) is 2.64. The highest BCUT2D eigenvalue weighted by Crippen LogP contribution is 2.26. The molecule has 0 saturated heterocycles. The van der Waals surface area contributed by atoms with Crippen molar-refractivity contribution >= 4 is 11.6 Å². The molecule has 1 rings (SSSR count). The van der Waals surface area contributed by atoms with Crippen molar-refractivity contribution in [1.82, 2.24) is 0 Å². The molecule has 0 unspecified atom stereocenters. The zero-order chi connectivity index (χ0) is 9.14. The second-order valence-electron chi connectivity index (χ2n) is 3.72. The Labute approximate surface area is 73.3 Å². The van der Waals surface area contributed by atoms with Crippen LogP contribution in [0, 0.1) is 11.8 Å². The summed E-state index contributed by atoms with van der Waals surface area (Å²) in [6.07, 6.45) is 3.34. The standard InChI is InChI=1S/C10H16O2/c1-3-4-8-5-9(11)7(2)10(12)6-8/h7-8H,3-6H2,1-2H3. The summed E-state index contributed by atoms with van der Waals surface area (Å²) in [5, 5.41) is 0. The Morgan fingerprint density at radius 2 is 1.75 bits per heavy atom. The van der Waals surface area contributed by atoms with Crippen LogP contribution in [0.1, 0.15) is 39.5 Å². The van der Waals surface area contributed by atoms with E-state index in [1.54, 1.807) is 6.92 Å². The third kappa shape index (κ3) is 1.93. The summed E-state index contributed by atoms with van der Waals surface area (Å²) in [6.45, 7) is 3.82. The van der Waals surface area contributed by atoms with Crippen LogP contribution in [0.15, 0.2) is 0 Å². The Morgan fingerprint density at radius 3 is 2.17 bits per heavy atom. The van der Waals surface area contributed by atoms with Crippen molar-refractivity contribution in [3.05, 3.63) is 0 Å². The summed E-state index contributed by atoms with van der Waals surface area (Å²) in [6, 6.07) is 0. The Morgan fingerprint density at radius 1 is 1.25 bits per heavy atom. The maximum Gasteiger partial charge on any atom is 0.143 e.